The topological polar surface area (TPSA) is 0 Å². The molecule has 0 heterocycles. The maximum absolute atomic E-state index is 14.2. The third-order valence-electron chi connectivity index (χ3n) is 3.78. The van der Waals surface area contributed by atoms with Crippen molar-refractivity contribution in [2.75, 3.05) is 0 Å². The Hall–Kier alpha value is -2.03. The van der Waals surface area contributed by atoms with Crippen LogP contribution in [0, 0.1) is 11.6 Å². The Morgan fingerprint density at radius 2 is 1.78 bits per heavy atom. The van der Waals surface area contributed by atoms with E-state index in [1.807, 2.05) is 25.1 Å². The molecule has 0 fully saturated rings. The van der Waals surface area contributed by atoms with Crippen LogP contribution in [0.5, 0.6) is 0 Å². The quantitative estimate of drug-likeness (QED) is 0.566. The summed E-state index contributed by atoms with van der Waals surface area (Å²) in [5, 5.41) is 0. The lowest BCUT2D eigenvalue weighted by atomic mass is 9.98. The average Bonchev–Trinajstić information content (AvgIpc) is 2.56. The van der Waals surface area contributed by atoms with Gasteiger partial charge in [0.15, 0.2) is 11.6 Å². The van der Waals surface area contributed by atoms with Crippen molar-refractivity contribution in [3.05, 3.63) is 76.9 Å². The summed E-state index contributed by atoms with van der Waals surface area (Å²) < 4.78 is 40.3. The highest BCUT2D eigenvalue weighted by atomic mass is 19.2. The number of halogens is 3. The molecule has 0 radical (unpaired) electrons. The van der Waals surface area contributed by atoms with E-state index in [9.17, 15) is 13.2 Å². The molecule has 0 aliphatic carbocycles. The summed E-state index contributed by atoms with van der Waals surface area (Å²) in [7, 11) is 0. The van der Waals surface area contributed by atoms with Gasteiger partial charge in [-0.1, -0.05) is 43.7 Å². The molecule has 0 saturated carbocycles. The van der Waals surface area contributed by atoms with Crippen molar-refractivity contribution in [2.24, 2.45) is 0 Å². The zero-order chi connectivity index (χ0) is 16.7. The van der Waals surface area contributed by atoms with E-state index in [2.05, 4.69) is 0 Å². The van der Waals surface area contributed by atoms with Crippen LogP contribution in [0.4, 0.5) is 13.2 Å². The standard InChI is InChI=1S/C20H21F3/c1-2-3-11-18(21)17-10-5-4-8-16(17)9-6-7-15-12-13-19(22)20(23)14-15/h4-5,8,10-14H,2-3,6-7,9H2,1H3/b18-11+. The molecule has 0 aliphatic rings. The number of aryl methyl sites for hydroxylation is 2. The highest BCUT2D eigenvalue weighted by Gasteiger charge is 2.07. The van der Waals surface area contributed by atoms with Crippen molar-refractivity contribution in [3.8, 4) is 0 Å². The molecule has 0 spiro atoms. The van der Waals surface area contributed by atoms with E-state index in [-0.39, 0.29) is 5.83 Å². The Morgan fingerprint density at radius 1 is 1.00 bits per heavy atom. The van der Waals surface area contributed by atoms with Crippen LogP contribution in [0.3, 0.4) is 0 Å². The van der Waals surface area contributed by atoms with E-state index >= 15 is 0 Å². The molecule has 0 nitrogen and oxygen atoms in total. The van der Waals surface area contributed by atoms with Crippen molar-refractivity contribution in [1.29, 1.82) is 0 Å². The number of unbranched alkanes of at least 4 members (excludes halogenated alkanes) is 1. The molecule has 0 aliphatic heterocycles. The lowest BCUT2D eigenvalue weighted by molar-refractivity contribution is 0.507. The van der Waals surface area contributed by atoms with Crippen LogP contribution in [-0.2, 0) is 12.8 Å². The maximum atomic E-state index is 14.2. The van der Waals surface area contributed by atoms with Crippen LogP contribution in [0.1, 0.15) is 42.9 Å². The molecular weight excluding hydrogens is 297 g/mol. The molecule has 2 aromatic carbocycles. The molecule has 3 heteroatoms. The molecule has 0 unspecified atom stereocenters. The number of hydrogen-bond donors (Lipinski definition) is 0. The Balaban J connectivity index is 2.01. The Morgan fingerprint density at radius 3 is 2.52 bits per heavy atom. The van der Waals surface area contributed by atoms with Gasteiger partial charge in [-0.2, -0.15) is 0 Å². The van der Waals surface area contributed by atoms with Crippen molar-refractivity contribution >= 4 is 5.83 Å². The summed E-state index contributed by atoms with van der Waals surface area (Å²) >= 11 is 0. The van der Waals surface area contributed by atoms with Crippen molar-refractivity contribution in [3.63, 3.8) is 0 Å². The number of allylic oxidation sites excluding steroid dienone is 1. The zero-order valence-electron chi connectivity index (χ0n) is 13.3. The third kappa shape index (κ3) is 4.98. The summed E-state index contributed by atoms with van der Waals surface area (Å²) in [4.78, 5) is 0. The molecule has 0 atom stereocenters. The summed E-state index contributed by atoms with van der Waals surface area (Å²) in [5.74, 6) is -1.84. The van der Waals surface area contributed by atoms with E-state index in [1.165, 1.54) is 6.07 Å². The second kappa shape index (κ2) is 8.56. The molecular formula is C20H21F3. The summed E-state index contributed by atoms with van der Waals surface area (Å²) in [6.07, 6.45) is 5.33. The van der Waals surface area contributed by atoms with Crippen LogP contribution >= 0.6 is 0 Å². The van der Waals surface area contributed by atoms with E-state index in [0.717, 1.165) is 36.5 Å². The number of rotatable bonds is 7. The van der Waals surface area contributed by atoms with Gasteiger partial charge in [0.2, 0.25) is 0 Å². The van der Waals surface area contributed by atoms with Crippen LogP contribution in [0.15, 0.2) is 48.5 Å². The molecule has 0 saturated heterocycles. The Bertz CT molecular complexity index is 674. The summed E-state index contributed by atoms with van der Waals surface area (Å²) in [5.41, 5.74) is 2.33. The fourth-order valence-electron chi connectivity index (χ4n) is 2.53. The fraction of sp³-hybridized carbons (Fsp3) is 0.300. The van der Waals surface area contributed by atoms with E-state index in [0.29, 0.717) is 18.4 Å². The lowest BCUT2D eigenvalue weighted by Crippen LogP contribution is -1.95. The lowest BCUT2D eigenvalue weighted by Gasteiger charge is -2.08. The Labute approximate surface area is 135 Å². The first-order valence-electron chi connectivity index (χ1n) is 7.99. The molecule has 2 rings (SSSR count). The molecule has 0 N–H and O–H groups in total. The zero-order valence-corrected chi connectivity index (χ0v) is 13.3. The smallest absolute Gasteiger partial charge is 0.159 e. The number of benzene rings is 2. The predicted octanol–water partition coefficient (Wildman–Crippen LogP) is 6.25. The van der Waals surface area contributed by atoms with Gasteiger partial charge in [-0.3, -0.25) is 0 Å². The van der Waals surface area contributed by atoms with Gasteiger partial charge >= 0.3 is 0 Å². The molecule has 23 heavy (non-hydrogen) atoms. The maximum Gasteiger partial charge on any atom is 0.159 e. The summed E-state index contributed by atoms with van der Waals surface area (Å²) in [6.45, 7) is 2.01. The average molecular weight is 318 g/mol. The minimum atomic E-state index is -0.831. The monoisotopic (exact) mass is 318 g/mol. The van der Waals surface area contributed by atoms with Crippen molar-refractivity contribution in [2.45, 2.75) is 39.0 Å². The molecule has 0 amide bonds. The van der Waals surface area contributed by atoms with Crippen LogP contribution < -0.4 is 0 Å². The Kier molecular flexibility index (Phi) is 6.45. The van der Waals surface area contributed by atoms with Gasteiger partial charge < -0.3 is 0 Å². The van der Waals surface area contributed by atoms with Gasteiger partial charge in [0.25, 0.3) is 0 Å². The molecule has 0 bridgehead atoms. The van der Waals surface area contributed by atoms with Gasteiger partial charge in [-0.25, -0.2) is 13.2 Å². The van der Waals surface area contributed by atoms with E-state index in [1.54, 1.807) is 18.2 Å². The van der Waals surface area contributed by atoms with Gasteiger partial charge in [-0.15, -0.1) is 0 Å². The van der Waals surface area contributed by atoms with E-state index < -0.39 is 11.6 Å². The normalized spacial score (nSPS) is 11.7. The van der Waals surface area contributed by atoms with Crippen LogP contribution in [0.2, 0.25) is 0 Å². The third-order valence-corrected chi connectivity index (χ3v) is 3.78. The number of hydrogen-bond acceptors (Lipinski definition) is 0. The van der Waals surface area contributed by atoms with Crippen LogP contribution in [-0.4, -0.2) is 0 Å². The first kappa shape index (κ1) is 17.3. The predicted molar refractivity (Wildman–Crippen MR) is 88.8 cm³/mol. The first-order chi connectivity index (χ1) is 11.1. The SMILES string of the molecule is CCC/C=C(/F)c1ccccc1CCCc1ccc(F)c(F)c1. The van der Waals surface area contributed by atoms with Gasteiger partial charge in [0.1, 0.15) is 5.83 Å². The largest absolute Gasteiger partial charge is 0.207 e. The van der Waals surface area contributed by atoms with Gasteiger partial charge in [0.05, 0.1) is 0 Å². The van der Waals surface area contributed by atoms with Crippen molar-refractivity contribution in [1.82, 2.24) is 0 Å². The molecule has 0 aromatic heterocycles. The molecule has 122 valence electrons. The van der Waals surface area contributed by atoms with E-state index in [4.69, 9.17) is 0 Å². The van der Waals surface area contributed by atoms with Gasteiger partial charge in [-0.05, 0) is 55.0 Å². The first-order valence-corrected chi connectivity index (χ1v) is 7.99. The van der Waals surface area contributed by atoms with Gasteiger partial charge in [0, 0.05) is 5.56 Å². The van der Waals surface area contributed by atoms with Crippen LogP contribution in [0.25, 0.3) is 5.83 Å². The minimum Gasteiger partial charge on any atom is -0.207 e. The summed E-state index contributed by atoms with van der Waals surface area (Å²) in [6, 6.07) is 11.4. The second-order valence-electron chi connectivity index (χ2n) is 5.60. The fourth-order valence-corrected chi connectivity index (χ4v) is 2.53. The minimum absolute atomic E-state index is 0.185. The highest BCUT2D eigenvalue weighted by molar-refractivity contribution is 5.62. The second-order valence-corrected chi connectivity index (χ2v) is 5.60. The highest BCUT2D eigenvalue weighted by Crippen LogP contribution is 2.23. The van der Waals surface area contributed by atoms with Crippen molar-refractivity contribution < 1.29 is 13.2 Å². The molecule has 2 aromatic rings.